The second-order valence-electron chi connectivity index (χ2n) is 6.54. The van der Waals surface area contributed by atoms with Crippen LogP contribution in [0.5, 0.6) is 0 Å². The number of carbonyl (C=O) groups excluding carboxylic acids is 2. The van der Waals surface area contributed by atoms with E-state index in [9.17, 15) is 9.59 Å². The highest BCUT2D eigenvalue weighted by molar-refractivity contribution is 5.87. The highest BCUT2D eigenvalue weighted by atomic mass is 16.6. The molecule has 5 heteroatoms. The number of nitrogens with two attached hydrogens (primary N) is 1. The number of ether oxygens (including phenoxy) is 1. The number of alkyl carbamates (subject to hydrolysis) is 1. The van der Waals surface area contributed by atoms with E-state index >= 15 is 0 Å². The van der Waals surface area contributed by atoms with Crippen molar-refractivity contribution in [3.63, 3.8) is 0 Å². The van der Waals surface area contributed by atoms with Gasteiger partial charge in [0.25, 0.3) is 0 Å². The summed E-state index contributed by atoms with van der Waals surface area (Å²) in [7, 11) is 0. The van der Waals surface area contributed by atoms with Gasteiger partial charge in [-0.05, 0) is 12.8 Å². The molecular weight excluding hydrogens is 304 g/mol. The summed E-state index contributed by atoms with van der Waals surface area (Å²) in [6, 6.07) is -0.720. The third kappa shape index (κ3) is 14.5. The number of unbranched alkanes of at least 4 members (excludes halogenated alkanes) is 11. The van der Waals surface area contributed by atoms with E-state index in [1.54, 1.807) is 6.92 Å². The molecule has 0 bridgehead atoms. The van der Waals surface area contributed by atoms with Gasteiger partial charge in [0.2, 0.25) is 0 Å². The van der Waals surface area contributed by atoms with E-state index < -0.39 is 18.1 Å². The molecule has 1 amide bonds. The third-order valence-corrected chi connectivity index (χ3v) is 4.24. The van der Waals surface area contributed by atoms with Crippen LogP contribution in [0.15, 0.2) is 0 Å². The summed E-state index contributed by atoms with van der Waals surface area (Å²) in [5, 5.41) is 2.59. The van der Waals surface area contributed by atoms with Crippen molar-refractivity contribution in [2.75, 3.05) is 6.54 Å². The minimum absolute atomic E-state index is 0.463. The lowest BCUT2D eigenvalue weighted by molar-refractivity contribution is -0.138. The topological polar surface area (TPSA) is 81.4 Å². The molecule has 0 saturated carbocycles. The highest BCUT2D eigenvalue weighted by Crippen LogP contribution is 2.11. The number of hydrogen-bond acceptors (Lipinski definition) is 4. The van der Waals surface area contributed by atoms with Gasteiger partial charge in [0.05, 0.1) is 0 Å². The predicted molar refractivity (Wildman–Crippen MR) is 98.8 cm³/mol. The molecule has 0 saturated heterocycles. The van der Waals surface area contributed by atoms with E-state index in [0.717, 1.165) is 12.8 Å². The van der Waals surface area contributed by atoms with Gasteiger partial charge >= 0.3 is 12.1 Å². The molecule has 0 aliphatic heterocycles. The minimum atomic E-state index is -0.720. The zero-order valence-electron chi connectivity index (χ0n) is 15.8. The third-order valence-electron chi connectivity index (χ3n) is 4.24. The first-order chi connectivity index (χ1) is 11.6. The van der Waals surface area contributed by atoms with Crippen molar-refractivity contribution >= 4 is 12.1 Å². The van der Waals surface area contributed by atoms with Crippen molar-refractivity contribution in [2.24, 2.45) is 5.73 Å². The zero-order valence-corrected chi connectivity index (χ0v) is 15.8. The summed E-state index contributed by atoms with van der Waals surface area (Å²) in [4.78, 5) is 22.7. The van der Waals surface area contributed by atoms with Crippen molar-refractivity contribution in [3.8, 4) is 0 Å². The number of amides is 1. The first-order valence-electron chi connectivity index (χ1n) is 9.86. The molecule has 0 aromatic heterocycles. The molecular formula is C19H38N2O3. The molecule has 0 fully saturated rings. The summed E-state index contributed by atoms with van der Waals surface area (Å²) in [6.07, 6.45) is 15.1. The molecule has 0 aromatic carbocycles. The molecule has 0 spiro atoms. The molecule has 0 heterocycles. The monoisotopic (exact) mass is 342 g/mol. The maximum Gasteiger partial charge on any atom is 0.414 e. The Kier molecular flexibility index (Phi) is 16.0. The van der Waals surface area contributed by atoms with Gasteiger partial charge in [-0.15, -0.1) is 0 Å². The maximum atomic E-state index is 11.4. The van der Waals surface area contributed by atoms with E-state index in [4.69, 9.17) is 5.73 Å². The van der Waals surface area contributed by atoms with Crippen LogP contribution in [0, 0.1) is 0 Å². The second-order valence-corrected chi connectivity index (χ2v) is 6.54. The number of carbonyl (C=O) groups is 2. The maximum absolute atomic E-state index is 11.4. The van der Waals surface area contributed by atoms with Crippen LogP contribution in [0.25, 0.3) is 0 Å². The molecule has 142 valence electrons. The van der Waals surface area contributed by atoms with Gasteiger partial charge < -0.3 is 15.8 Å². The van der Waals surface area contributed by atoms with E-state index in [1.165, 1.54) is 64.2 Å². The summed E-state index contributed by atoms with van der Waals surface area (Å²) >= 11 is 0. The fraction of sp³-hybridized carbons (Fsp3) is 0.895. The Morgan fingerprint density at radius 2 is 1.29 bits per heavy atom. The average Bonchev–Trinajstić information content (AvgIpc) is 2.58. The molecule has 0 aliphatic rings. The lowest BCUT2D eigenvalue weighted by atomic mass is 10.1. The number of rotatable bonds is 15. The first kappa shape index (κ1) is 22.9. The Balaban J connectivity index is 3.27. The van der Waals surface area contributed by atoms with Gasteiger partial charge in [-0.2, -0.15) is 0 Å². The summed E-state index contributed by atoms with van der Waals surface area (Å²) < 4.78 is 4.60. The van der Waals surface area contributed by atoms with Crippen LogP contribution in [-0.4, -0.2) is 24.6 Å². The van der Waals surface area contributed by atoms with Gasteiger partial charge in [-0.3, -0.25) is 0 Å². The fourth-order valence-electron chi connectivity index (χ4n) is 2.53. The standard InChI is InChI=1S/C19H38N2O3/c1-3-5-6-7-8-9-10-11-12-13-14-15-16-21-19(23)24-18(22)17(20)4-2/h17H,3-16,20H2,1-2H3,(H,21,23). The van der Waals surface area contributed by atoms with Gasteiger partial charge in [-0.1, -0.05) is 84.5 Å². The van der Waals surface area contributed by atoms with Crippen molar-refractivity contribution in [1.82, 2.24) is 5.32 Å². The fourth-order valence-corrected chi connectivity index (χ4v) is 2.53. The molecule has 3 N–H and O–H groups in total. The van der Waals surface area contributed by atoms with Gasteiger partial charge in [0.15, 0.2) is 0 Å². The van der Waals surface area contributed by atoms with Gasteiger partial charge in [-0.25, -0.2) is 9.59 Å². The van der Waals surface area contributed by atoms with Crippen LogP contribution in [0.1, 0.15) is 97.3 Å². The zero-order chi connectivity index (χ0) is 18.0. The Bertz CT molecular complexity index is 322. The Morgan fingerprint density at radius 1 is 0.833 bits per heavy atom. The molecule has 24 heavy (non-hydrogen) atoms. The smallest absolute Gasteiger partial charge is 0.375 e. The van der Waals surface area contributed by atoms with Crippen molar-refractivity contribution in [2.45, 2.75) is 103 Å². The van der Waals surface area contributed by atoms with E-state index in [0.29, 0.717) is 13.0 Å². The molecule has 5 nitrogen and oxygen atoms in total. The molecule has 1 atom stereocenters. The van der Waals surface area contributed by atoms with Crippen LogP contribution in [0.3, 0.4) is 0 Å². The van der Waals surface area contributed by atoms with E-state index in [-0.39, 0.29) is 0 Å². The molecule has 0 aliphatic carbocycles. The Hall–Kier alpha value is -1.10. The largest absolute Gasteiger partial charge is 0.414 e. The molecule has 1 unspecified atom stereocenters. The average molecular weight is 343 g/mol. The lowest BCUT2D eigenvalue weighted by Gasteiger charge is -2.08. The van der Waals surface area contributed by atoms with Crippen molar-refractivity contribution in [1.29, 1.82) is 0 Å². The van der Waals surface area contributed by atoms with Gasteiger partial charge in [0.1, 0.15) is 6.04 Å². The Morgan fingerprint density at radius 3 is 1.75 bits per heavy atom. The van der Waals surface area contributed by atoms with Crippen molar-refractivity contribution in [3.05, 3.63) is 0 Å². The highest BCUT2D eigenvalue weighted by Gasteiger charge is 2.16. The van der Waals surface area contributed by atoms with Crippen molar-refractivity contribution < 1.29 is 14.3 Å². The van der Waals surface area contributed by atoms with E-state index in [2.05, 4.69) is 17.0 Å². The SMILES string of the molecule is CCCCCCCCCCCCCCNC(=O)OC(=O)C(N)CC. The summed E-state index contributed by atoms with van der Waals surface area (Å²) in [5.41, 5.74) is 5.48. The van der Waals surface area contributed by atoms with Crippen LogP contribution in [0.2, 0.25) is 0 Å². The van der Waals surface area contributed by atoms with E-state index in [1.807, 2.05) is 0 Å². The predicted octanol–water partition coefficient (Wildman–Crippen LogP) is 4.68. The Labute approximate surface area is 148 Å². The number of esters is 1. The molecule has 0 radical (unpaired) electrons. The van der Waals surface area contributed by atoms with Crippen LogP contribution >= 0.6 is 0 Å². The van der Waals surface area contributed by atoms with Gasteiger partial charge in [0, 0.05) is 6.54 Å². The first-order valence-corrected chi connectivity index (χ1v) is 9.86. The van der Waals surface area contributed by atoms with Crippen LogP contribution in [0.4, 0.5) is 4.79 Å². The minimum Gasteiger partial charge on any atom is -0.375 e. The summed E-state index contributed by atoms with van der Waals surface area (Å²) in [5.74, 6) is -0.662. The normalized spacial score (nSPS) is 12.0. The quantitative estimate of drug-likeness (QED) is 0.257. The molecule has 0 aromatic rings. The van der Waals surface area contributed by atoms with Crippen LogP contribution < -0.4 is 11.1 Å². The lowest BCUT2D eigenvalue weighted by Crippen LogP contribution is -2.36. The molecule has 0 rings (SSSR count). The summed E-state index contributed by atoms with van der Waals surface area (Å²) in [6.45, 7) is 4.57. The number of hydrogen-bond donors (Lipinski definition) is 2. The van der Waals surface area contributed by atoms with Crippen LogP contribution in [-0.2, 0) is 9.53 Å². The number of nitrogens with one attached hydrogen (secondary N) is 1. The second kappa shape index (κ2) is 16.7.